The monoisotopic (exact) mass is 267 g/mol. The molecule has 0 heterocycles. The molecule has 1 N–H and O–H groups in total. The van der Waals surface area contributed by atoms with Crippen LogP contribution >= 0.6 is 0 Å². The van der Waals surface area contributed by atoms with E-state index in [0.29, 0.717) is 17.1 Å². The van der Waals surface area contributed by atoms with Crippen molar-refractivity contribution < 1.29 is 24.2 Å². The molecule has 19 heavy (non-hydrogen) atoms. The molecule has 6 heteroatoms. The summed E-state index contributed by atoms with van der Waals surface area (Å²) in [6.07, 6.45) is 0. The van der Waals surface area contributed by atoms with Crippen LogP contribution < -0.4 is 9.47 Å². The number of carbonyl (C=O) groups is 2. The summed E-state index contributed by atoms with van der Waals surface area (Å²) in [5.74, 6) is -0.554. The van der Waals surface area contributed by atoms with Crippen molar-refractivity contribution in [2.75, 3.05) is 21.3 Å². The van der Waals surface area contributed by atoms with Gasteiger partial charge in [-0.15, -0.1) is 0 Å². The first-order valence-corrected chi connectivity index (χ1v) is 5.60. The van der Waals surface area contributed by atoms with E-state index < -0.39 is 12.0 Å². The fourth-order valence-electron chi connectivity index (χ4n) is 1.73. The van der Waals surface area contributed by atoms with Gasteiger partial charge >= 0.3 is 5.97 Å². The van der Waals surface area contributed by atoms with Gasteiger partial charge in [0, 0.05) is 25.6 Å². The van der Waals surface area contributed by atoms with Gasteiger partial charge in [-0.1, -0.05) is 0 Å². The number of nitrogens with zero attached hydrogens (tertiary/aromatic N) is 1. The Morgan fingerprint density at radius 1 is 1.26 bits per heavy atom. The van der Waals surface area contributed by atoms with Crippen molar-refractivity contribution in [1.82, 2.24) is 4.90 Å². The van der Waals surface area contributed by atoms with Crippen LogP contribution in [0, 0.1) is 0 Å². The first-order chi connectivity index (χ1) is 8.92. The van der Waals surface area contributed by atoms with Crippen LogP contribution in [0.25, 0.3) is 0 Å². The van der Waals surface area contributed by atoms with E-state index in [9.17, 15) is 14.7 Å². The molecule has 0 aliphatic rings. The summed E-state index contributed by atoms with van der Waals surface area (Å²) in [6.45, 7) is 1.31. The number of amides is 1. The van der Waals surface area contributed by atoms with Gasteiger partial charge in [-0.25, -0.2) is 4.79 Å². The fraction of sp³-hybridized carbons (Fsp3) is 0.385. The maximum Gasteiger partial charge on any atom is 0.331 e. The summed E-state index contributed by atoms with van der Waals surface area (Å²) in [5.41, 5.74) is 0.397. The van der Waals surface area contributed by atoms with Crippen LogP contribution in [-0.4, -0.2) is 43.2 Å². The normalized spacial score (nSPS) is 11.6. The Morgan fingerprint density at radius 3 is 2.32 bits per heavy atom. The van der Waals surface area contributed by atoms with E-state index in [2.05, 4.69) is 0 Å². The number of hydrogen-bond donors (Lipinski definition) is 1. The quantitative estimate of drug-likeness (QED) is 0.870. The lowest BCUT2D eigenvalue weighted by molar-refractivity contribution is -0.148. The molecular weight excluding hydrogens is 250 g/mol. The molecule has 1 aromatic rings. The third kappa shape index (κ3) is 3.15. The van der Waals surface area contributed by atoms with Gasteiger partial charge in [0.1, 0.15) is 11.5 Å². The third-order valence-corrected chi connectivity index (χ3v) is 2.85. The second-order valence-electron chi connectivity index (χ2n) is 3.98. The molecule has 0 saturated carbocycles. The Bertz CT molecular complexity index is 486. The third-order valence-electron chi connectivity index (χ3n) is 2.85. The lowest BCUT2D eigenvalue weighted by Crippen LogP contribution is -2.34. The molecule has 1 rings (SSSR count). The molecule has 0 fully saturated rings. The van der Waals surface area contributed by atoms with Crippen molar-refractivity contribution in [1.29, 1.82) is 0 Å². The standard InChI is InChI=1S/C13H17NO5/c1-8(15)14(2)12(13(16)17)10-6-5-9(18-3)7-11(10)19-4/h5-7,12H,1-4H3,(H,16,17). The van der Waals surface area contributed by atoms with Crippen molar-refractivity contribution >= 4 is 11.9 Å². The largest absolute Gasteiger partial charge is 0.497 e. The molecule has 0 saturated heterocycles. The summed E-state index contributed by atoms with van der Waals surface area (Å²) in [7, 11) is 4.38. The topological polar surface area (TPSA) is 76.1 Å². The summed E-state index contributed by atoms with van der Waals surface area (Å²) in [6, 6.07) is 3.69. The highest BCUT2D eigenvalue weighted by Gasteiger charge is 2.29. The molecule has 0 bridgehead atoms. The van der Waals surface area contributed by atoms with E-state index in [1.807, 2.05) is 0 Å². The van der Waals surface area contributed by atoms with Gasteiger partial charge in [0.05, 0.1) is 14.2 Å². The predicted molar refractivity (Wildman–Crippen MR) is 68.4 cm³/mol. The highest BCUT2D eigenvalue weighted by molar-refractivity contribution is 5.84. The maximum absolute atomic E-state index is 11.4. The van der Waals surface area contributed by atoms with Crippen molar-refractivity contribution in [3.05, 3.63) is 23.8 Å². The maximum atomic E-state index is 11.4. The minimum absolute atomic E-state index is 0.342. The SMILES string of the molecule is COc1ccc(C(C(=O)O)N(C)C(C)=O)c(OC)c1. The minimum Gasteiger partial charge on any atom is -0.497 e. The number of carboxylic acids is 1. The van der Waals surface area contributed by atoms with E-state index in [-0.39, 0.29) is 5.91 Å². The van der Waals surface area contributed by atoms with E-state index in [0.717, 1.165) is 4.90 Å². The number of ether oxygens (including phenoxy) is 2. The van der Waals surface area contributed by atoms with E-state index in [1.165, 1.54) is 28.2 Å². The summed E-state index contributed by atoms with van der Waals surface area (Å²) < 4.78 is 10.2. The van der Waals surface area contributed by atoms with Crippen molar-refractivity contribution in [3.63, 3.8) is 0 Å². The van der Waals surface area contributed by atoms with Gasteiger partial charge in [-0.05, 0) is 12.1 Å². The van der Waals surface area contributed by atoms with E-state index in [1.54, 1.807) is 18.2 Å². The number of likely N-dealkylation sites (N-methyl/N-ethyl adjacent to an activating group) is 1. The number of carbonyl (C=O) groups excluding carboxylic acids is 1. The minimum atomic E-state index is -1.12. The molecule has 104 valence electrons. The average molecular weight is 267 g/mol. The van der Waals surface area contributed by atoms with Crippen LogP contribution in [0.4, 0.5) is 0 Å². The lowest BCUT2D eigenvalue weighted by atomic mass is 10.0. The number of methoxy groups -OCH3 is 2. The number of carboxylic acid groups (broad SMARTS) is 1. The Morgan fingerprint density at radius 2 is 1.89 bits per heavy atom. The molecule has 0 radical (unpaired) electrons. The van der Waals surface area contributed by atoms with E-state index in [4.69, 9.17) is 9.47 Å². The van der Waals surface area contributed by atoms with Crippen molar-refractivity contribution in [2.45, 2.75) is 13.0 Å². The summed E-state index contributed by atoms with van der Waals surface area (Å²) >= 11 is 0. The number of benzene rings is 1. The Hall–Kier alpha value is -2.24. The highest BCUT2D eigenvalue weighted by Crippen LogP contribution is 2.32. The van der Waals surface area contributed by atoms with Gasteiger partial charge in [-0.2, -0.15) is 0 Å². The Balaban J connectivity index is 3.30. The number of rotatable bonds is 5. The van der Waals surface area contributed by atoms with Crippen molar-refractivity contribution in [3.8, 4) is 11.5 Å². The number of aliphatic carboxylic acids is 1. The summed E-state index contributed by atoms with van der Waals surface area (Å²) in [5, 5.41) is 9.31. The lowest BCUT2D eigenvalue weighted by Gasteiger charge is -2.25. The first-order valence-electron chi connectivity index (χ1n) is 5.60. The van der Waals surface area contributed by atoms with Crippen LogP contribution in [0.5, 0.6) is 11.5 Å². The van der Waals surface area contributed by atoms with Gasteiger partial charge in [0.25, 0.3) is 0 Å². The zero-order valence-electron chi connectivity index (χ0n) is 11.3. The van der Waals surface area contributed by atoms with E-state index >= 15 is 0 Å². The molecule has 1 unspecified atom stereocenters. The van der Waals surface area contributed by atoms with Crippen LogP contribution in [0.3, 0.4) is 0 Å². The average Bonchev–Trinajstić information content (AvgIpc) is 2.38. The molecule has 1 atom stereocenters. The number of hydrogen-bond acceptors (Lipinski definition) is 4. The predicted octanol–water partition coefficient (Wildman–Crippen LogP) is 1.31. The Labute approximate surface area is 111 Å². The molecule has 6 nitrogen and oxygen atoms in total. The molecule has 0 aliphatic heterocycles. The van der Waals surface area contributed by atoms with Gasteiger partial charge in [0.15, 0.2) is 6.04 Å². The zero-order chi connectivity index (χ0) is 14.6. The molecule has 1 aromatic carbocycles. The first kappa shape index (κ1) is 14.8. The van der Waals surface area contributed by atoms with Crippen LogP contribution in [0.15, 0.2) is 18.2 Å². The zero-order valence-corrected chi connectivity index (χ0v) is 11.3. The Kier molecular flexibility index (Phi) is 4.74. The van der Waals surface area contributed by atoms with Gasteiger partial charge in [0.2, 0.25) is 5.91 Å². The van der Waals surface area contributed by atoms with Gasteiger partial charge in [-0.3, -0.25) is 4.79 Å². The second kappa shape index (κ2) is 6.08. The summed E-state index contributed by atoms with van der Waals surface area (Å²) in [4.78, 5) is 23.9. The fourth-order valence-corrected chi connectivity index (χ4v) is 1.73. The molecule has 0 aromatic heterocycles. The van der Waals surface area contributed by atoms with Crippen LogP contribution in [0.2, 0.25) is 0 Å². The highest BCUT2D eigenvalue weighted by atomic mass is 16.5. The van der Waals surface area contributed by atoms with Crippen LogP contribution in [-0.2, 0) is 9.59 Å². The second-order valence-corrected chi connectivity index (χ2v) is 3.98. The van der Waals surface area contributed by atoms with Crippen LogP contribution in [0.1, 0.15) is 18.5 Å². The van der Waals surface area contributed by atoms with Gasteiger partial charge < -0.3 is 19.5 Å². The molecule has 0 aliphatic carbocycles. The molecular formula is C13H17NO5. The molecule has 1 amide bonds. The molecule has 0 spiro atoms. The van der Waals surface area contributed by atoms with Crippen molar-refractivity contribution in [2.24, 2.45) is 0 Å². The smallest absolute Gasteiger partial charge is 0.331 e.